The number of epoxide rings is 4. The van der Waals surface area contributed by atoms with Gasteiger partial charge in [0.15, 0.2) is 24.7 Å². The van der Waals surface area contributed by atoms with Crippen LogP contribution in [0.5, 0.6) is 23.0 Å². The number of nitrogens with zero attached hydrogens (tertiary/aromatic N) is 2. The van der Waals surface area contributed by atoms with Gasteiger partial charge in [0.05, 0.1) is 26.4 Å². The molecule has 0 aliphatic carbocycles. The van der Waals surface area contributed by atoms with Crippen LogP contribution in [-0.4, -0.2) is 64.0 Å². The number of ketones is 1. The van der Waals surface area contributed by atoms with Crippen molar-refractivity contribution in [2.75, 3.05) is 43.0 Å². The third-order valence-corrected chi connectivity index (χ3v) is 13.1. The number of Topliss-reactive ketones (excluding diaryl/α,β-unsaturated/α-hetero) is 1. The smallest absolute Gasteiger partial charge is 0.230 e. The maximum absolute atomic E-state index is 12.3. The summed E-state index contributed by atoms with van der Waals surface area (Å²) in [6.45, 7) is 4.72. The predicted octanol–water partition coefficient (Wildman–Crippen LogP) is 12.4. The fraction of sp³-hybridized carbons (Fsp3) is 0.222. The zero-order valence-corrected chi connectivity index (χ0v) is 42.1. The highest BCUT2D eigenvalue weighted by molar-refractivity contribution is 6.01. The van der Waals surface area contributed by atoms with Crippen LogP contribution in [0, 0.1) is 0 Å². The van der Waals surface area contributed by atoms with Gasteiger partial charge >= 0.3 is 0 Å². The van der Waals surface area contributed by atoms with Crippen molar-refractivity contribution < 1.29 is 56.9 Å². The van der Waals surface area contributed by atoms with Gasteiger partial charge in [-0.15, -0.1) is 0 Å². The van der Waals surface area contributed by atoms with E-state index < -0.39 is 0 Å². The van der Waals surface area contributed by atoms with Crippen LogP contribution in [0.2, 0.25) is 0 Å². The number of anilines is 6. The van der Waals surface area contributed by atoms with Crippen LogP contribution in [0.4, 0.5) is 34.1 Å². The molecule has 8 aromatic carbocycles. The van der Waals surface area contributed by atoms with Crippen molar-refractivity contribution in [2.24, 2.45) is 0 Å². The Balaban J connectivity index is 0.688. The van der Waals surface area contributed by atoms with Gasteiger partial charge in [-0.2, -0.15) is 0 Å². The normalized spacial score (nSPS) is 17.7. The Kier molecular flexibility index (Phi) is 15.2. The van der Waals surface area contributed by atoms with Crippen molar-refractivity contribution in [3.63, 3.8) is 0 Å². The van der Waals surface area contributed by atoms with E-state index in [9.17, 15) is 4.79 Å². The number of carbonyl (C=O) groups excluding carboxylic acids is 1. The molecular formula is C63H56N2O12. The number of ether oxygens (including phenoxy) is 11. The van der Waals surface area contributed by atoms with Crippen LogP contribution < -0.4 is 28.7 Å². The molecule has 8 aromatic rings. The van der Waals surface area contributed by atoms with Crippen molar-refractivity contribution >= 4 is 39.9 Å². The van der Waals surface area contributed by atoms with E-state index in [0.717, 1.165) is 67.7 Å². The Hall–Kier alpha value is -8.05. The summed E-state index contributed by atoms with van der Waals surface area (Å²) < 4.78 is 62.4. The average Bonchev–Trinajstić information content (AvgIpc) is 4.25. The first kappa shape index (κ1) is 49.8. The fourth-order valence-electron chi connectivity index (χ4n) is 8.50. The predicted molar refractivity (Wildman–Crippen MR) is 288 cm³/mol. The van der Waals surface area contributed by atoms with E-state index >= 15 is 0 Å². The zero-order chi connectivity index (χ0) is 51.8. The fourth-order valence-corrected chi connectivity index (χ4v) is 8.50. The molecule has 4 aliphatic rings. The van der Waals surface area contributed by atoms with Crippen molar-refractivity contribution in [3.8, 4) is 23.0 Å². The minimum atomic E-state index is -0.310. The van der Waals surface area contributed by atoms with Crippen LogP contribution in [0.1, 0.15) is 38.2 Å². The van der Waals surface area contributed by atoms with Crippen molar-refractivity contribution in [1.82, 2.24) is 0 Å². The van der Waals surface area contributed by atoms with E-state index in [1.54, 1.807) is 12.1 Å². The molecule has 4 atom stereocenters. The van der Waals surface area contributed by atoms with Crippen LogP contribution in [0.25, 0.3) is 0 Å². The lowest BCUT2D eigenvalue weighted by atomic mass is 10.1. The molecule has 4 aliphatic heterocycles. The molecule has 390 valence electrons. The molecule has 0 saturated carbocycles. The SMILES string of the molecule is O=C(c1ccc(OCc2ccc(N(c3ccc(COC4CO4)cc3)c3ccc(OCOc4ccc(N(c5ccc(COc6ccc(COC7CO7)cc6)cc5)c5ccc(COC6CO6)cc5)cc4)cc3)cc2)cc1)C1CO1. The van der Waals surface area contributed by atoms with Gasteiger partial charge in [0.1, 0.15) is 62.1 Å². The maximum Gasteiger partial charge on any atom is 0.230 e. The van der Waals surface area contributed by atoms with Crippen LogP contribution in [-0.2, 0) is 66.2 Å². The minimum Gasteiger partial charge on any atom is -0.489 e. The largest absolute Gasteiger partial charge is 0.489 e. The summed E-state index contributed by atoms with van der Waals surface area (Å²) in [6, 6.07) is 64.4. The third kappa shape index (κ3) is 13.7. The molecule has 4 saturated heterocycles. The second kappa shape index (κ2) is 23.5. The van der Waals surface area contributed by atoms with E-state index in [-0.39, 0.29) is 37.6 Å². The van der Waals surface area contributed by atoms with Gasteiger partial charge in [0, 0.05) is 39.7 Å². The van der Waals surface area contributed by atoms with E-state index in [1.807, 2.05) is 84.9 Å². The van der Waals surface area contributed by atoms with E-state index in [1.165, 1.54) is 0 Å². The van der Waals surface area contributed by atoms with Crippen molar-refractivity contribution in [3.05, 3.63) is 228 Å². The molecule has 0 N–H and O–H groups in total. The number of carbonyl (C=O) groups is 1. The van der Waals surface area contributed by atoms with Crippen LogP contribution >= 0.6 is 0 Å². The summed E-state index contributed by atoms with van der Waals surface area (Å²) in [5, 5.41) is 0. The quantitative estimate of drug-likeness (QED) is 0.0274. The van der Waals surface area contributed by atoms with Gasteiger partial charge in [0.2, 0.25) is 6.79 Å². The van der Waals surface area contributed by atoms with Crippen LogP contribution in [0.3, 0.4) is 0 Å². The molecule has 4 fully saturated rings. The van der Waals surface area contributed by atoms with Gasteiger partial charge < -0.3 is 61.9 Å². The Morgan fingerprint density at radius 2 is 0.597 bits per heavy atom. The molecule has 0 amide bonds. The molecule has 14 heteroatoms. The first-order chi connectivity index (χ1) is 38.0. The number of hydrogen-bond donors (Lipinski definition) is 0. The monoisotopic (exact) mass is 1030 g/mol. The van der Waals surface area contributed by atoms with E-state index in [2.05, 4.69) is 107 Å². The highest BCUT2D eigenvalue weighted by Gasteiger charge is 2.32. The molecule has 4 heterocycles. The molecule has 12 rings (SSSR count). The van der Waals surface area contributed by atoms with Gasteiger partial charge in [-0.1, -0.05) is 60.7 Å². The molecule has 0 aromatic heterocycles. The van der Waals surface area contributed by atoms with Crippen molar-refractivity contribution in [1.29, 1.82) is 0 Å². The summed E-state index contributed by atoms with van der Waals surface area (Å²) in [6.07, 6.45) is -0.599. The summed E-state index contributed by atoms with van der Waals surface area (Å²) in [7, 11) is 0. The first-order valence-corrected chi connectivity index (χ1v) is 25.7. The number of benzene rings is 8. The lowest BCUT2D eigenvalue weighted by molar-refractivity contribution is 0.0384. The Bertz CT molecular complexity index is 3180. The zero-order valence-electron chi connectivity index (χ0n) is 42.1. The summed E-state index contributed by atoms with van der Waals surface area (Å²) in [5.41, 5.74) is 11.7. The van der Waals surface area contributed by atoms with Gasteiger partial charge in [-0.3, -0.25) is 4.79 Å². The number of rotatable bonds is 27. The maximum atomic E-state index is 12.3. The molecular weight excluding hydrogens is 977 g/mol. The Labute approximate surface area is 446 Å². The topological polar surface area (TPSA) is 138 Å². The highest BCUT2D eigenvalue weighted by atomic mass is 16.8. The van der Waals surface area contributed by atoms with Crippen LogP contribution in [0.15, 0.2) is 194 Å². The lowest BCUT2D eigenvalue weighted by Gasteiger charge is -2.26. The molecule has 14 nitrogen and oxygen atoms in total. The first-order valence-electron chi connectivity index (χ1n) is 25.7. The van der Waals surface area contributed by atoms with Gasteiger partial charge in [-0.25, -0.2) is 0 Å². The van der Waals surface area contributed by atoms with Crippen molar-refractivity contribution in [2.45, 2.75) is 58.0 Å². The summed E-state index contributed by atoms with van der Waals surface area (Å²) in [4.78, 5) is 16.7. The van der Waals surface area contributed by atoms with E-state index in [0.29, 0.717) is 82.3 Å². The molecule has 4 unspecified atom stereocenters. The Morgan fingerprint density at radius 3 is 0.909 bits per heavy atom. The highest BCUT2D eigenvalue weighted by Crippen LogP contribution is 2.38. The second-order valence-corrected chi connectivity index (χ2v) is 18.9. The van der Waals surface area contributed by atoms with Gasteiger partial charge in [-0.05, 0) is 161 Å². The Morgan fingerprint density at radius 1 is 0.338 bits per heavy atom. The molecule has 0 radical (unpaired) electrons. The molecule has 77 heavy (non-hydrogen) atoms. The van der Waals surface area contributed by atoms with Gasteiger partial charge in [0.25, 0.3) is 0 Å². The van der Waals surface area contributed by atoms with E-state index in [4.69, 9.17) is 52.1 Å². The molecule has 0 bridgehead atoms. The average molecular weight is 1030 g/mol. The summed E-state index contributed by atoms with van der Waals surface area (Å²) in [5.74, 6) is 2.80. The minimum absolute atomic E-state index is 0.00336. The third-order valence-electron chi connectivity index (χ3n) is 13.1. The summed E-state index contributed by atoms with van der Waals surface area (Å²) >= 11 is 0. The lowest BCUT2D eigenvalue weighted by Crippen LogP contribution is -2.11. The number of hydrogen-bond acceptors (Lipinski definition) is 14. The second-order valence-electron chi connectivity index (χ2n) is 18.9. The molecule has 0 spiro atoms. The standard InChI is InChI=1S/C63H56N2O12/c66-63(59-38-69-59)48-11-27-56(28-12-48)68-34-44-3-15-50(16-4-44)65(52-19-7-46(8-20-52)36-71-61-40-74-61)54-23-31-58(32-24-54)77-42-76-57-29-21-53(22-30-57)64(51-17-5-45(6-18-51)35-70-60-39-73-60)49-13-1-43(2-14-49)33-67-55-25-9-47(10-26-55)37-72-62-41-75-62/h1-32,59-62H,33-42H2.